The molecule has 0 atom stereocenters. The molecule has 4 rings (SSSR count). The number of hydrogen-bond acceptors (Lipinski definition) is 7. The first-order valence-corrected chi connectivity index (χ1v) is 9.58. The molecule has 2 aromatic carbocycles. The third-order valence-electron chi connectivity index (χ3n) is 4.36. The van der Waals surface area contributed by atoms with E-state index in [1.165, 1.54) is 23.8 Å². The van der Waals surface area contributed by atoms with E-state index in [9.17, 15) is 20.1 Å². The summed E-state index contributed by atoms with van der Waals surface area (Å²) in [5.41, 5.74) is 1.83. The van der Waals surface area contributed by atoms with Gasteiger partial charge in [-0.15, -0.1) is 11.3 Å². The fourth-order valence-corrected chi connectivity index (χ4v) is 4.33. The van der Waals surface area contributed by atoms with Crippen LogP contribution in [0.1, 0.15) is 10.4 Å². The van der Waals surface area contributed by atoms with Crippen LogP contribution in [-0.2, 0) is 4.79 Å². The Balaban J connectivity index is 1.87. The van der Waals surface area contributed by atoms with E-state index in [4.69, 9.17) is 17.0 Å². The quantitative estimate of drug-likeness (QED) is 0.534. The second-order valence-corrected chi connectivity index (χ2v) is 7.79. The topological polar surface area (TPSA) is 104 Å². The molecule has 0 radical (unpaired) electrons. The second kappa shape index (κ2) is 7.19. The molecule has 0 spiro atoms. The maximum Gasteiger partial charge on any atom is 0.355 e. The Morgan fingerprint density at radius 3 is 2.72 bits per heavy atom. The predicted octanol–water partition coefficient (Wildman–Crippen LogP) is 4.40. The minimum Gasteiger partial charge on any atom is -0.508 e. The van der Waals surface area contributed by atoms with Crippen LogP contribution in [0.2, 0.25) is 0 Å². The highest BCUT2D eigenvalue weighted by molar-refractivity contribution is 7.73. The summed E-state index contributed by atoms with van der Waals surface area (Å²) in [6.07, 6.45) is 1.56. The lowest BCUT2D eigenvalue weighted by molar-refractivity contribution is -0.129. The molecule has 3 aromatic rings. The molecule has 1 aliphatic heterocycles. The number of carboxylic acids is 1. The summed E-state index contributed by atoms with van der Waals surface area (Å²) >= 11 is 6.49. The molecular weight excluding hydrogens is 412 g/mol. The van der Waals surface area contributed by atoms with Crippen LogP contribution >= 0.6 is 23.6 Å². The lowest BCUT2D eigenvalue weighted by atomic mass is 10.0. The highest BCUT2D eigenvalue weighted by Crippen LogP contribution is 2.41. The number of nitrogens with zero attached hydrogens (tertiary/aromatic N) is 2. The van der Waals surface area contributed by atoms with Crippen LogP contribution in [0.3, 0.4) is 0 Å². The van der Waals surface area contributed by atoms with Crippen molar-refractivity contribution >= 4 is 52.6 Å². The van der Waals surface area contributed by atoms with Gasteiger partial charge in [0, 0.05) is 23.3 Å². The van der Waals surface area contributed by atoms with E-state index >= 15 is 0 Å². The number of phenolic OH excluding ortho intramolecular Hbond substituents is 1. The molecule has 7 nitrogen and oxygen atoms in total. The van der Waals surface area contributed by atoms with Gasteiger partial charge in [0.15, 0.2) is 9.67 Å². The molecule has 1 aromatic heterocycles. The Hall–Kier alpha value is -3.43. The first kappa shape index (κ1) is 18.9. The molecule has 0 bridgehead atoms. The molecule has 0 saturated heterocycles. The van der Waals surface area contributed by atoms with Gasteiger partial charge in [0.2, 0.25) is 5.88 Å². The zero-order chi connectivity index (χ0) is 20.7. The number of aromatic hydroxyl groups is 2. The van der Waals surface area contributed by atoms with Crippen LogP contribution in [0, 0.1) is 3.95 Å². The van der Waals surface area contributed by atoms with E-state index in [0.29, 0.717) is 37.1 Å². The number of methoxy groups -OCH3 is 1. The molecule has 9 heteroatoms. The van der Waals surface area contributed by atoms with Crippen LogP contribution in [-0.4, -0.2) is 38.7 Å². The molecule has 1 aliphatic rings. The largest absolute Gasteiger partial charge is 0.508 e. The van der Waals surface area contributed by atoms with Crippen LogP contribution < -0.4 is 4.74 Å². The van der Waals surface area contributed by atoms with E-state index in [1.807, 2.05) is 0 Å². The van der Waals surface area contributed by atoms with Gasteiger partial charge in [0.25, 0.3) is 0 Å². The van der Waals surface area contributed by atoms with Gasteiger partial charge in [-0.05, 0) is 42.6 Å². The lowest BCUT2D eigenvalue weighted by Crippen LogP contribution is -2.11. The van der Waals surface area contributed by atoms with Crippen molar-refractivity contribution in [3.05, 3.63) is 56.9 Å². The lowest BCUT2D eigenvalue weighted by Gasteiger charge is -2.06. The number of phenols is 1. The third kappa shape index (κ3) is 3.30. The van der Waals surface area contributed by atoms with E-state index in [-0.39, 0.29) is 17.3 Å². The minimum absolute atomic E-state index is 0.0360. The fraction of sp³-hybridized carbons (Fsp3) is 0.0500. The van der Waals surface area contributed by atoms with Gasteiger partial charge in [-0.2, -0.15) is 0 Å². The molecule has 146 valence electrons. The number of carboxylic acid groups (broad SMARTS) is 1. The zero-order valence-electron chi connectivity index (χ0n) is 15.0. The monoisotopic (exact) mass is 426 g/mol. The fourth-order valence-electron chi connectivity index (χ4n) is 3.04. The SMILES string of the molecule is COc1ccc2c(c1)N=C(C(=O)O)/C2=C/c1sc(=S)n(-c2cccc(O)c2)c1O. The average molecular weight is 426 g/mol. The maximum atomic E-state index is 11.7. The average Bonchev–Trinajstić information content (AvgIpc) is 3.18. The van der Waals surface area contributed by atoms with Gasteiger partial charge in [-0.1, -0.05) is 6.07 Å². The Kier molecular flexibility index (Phi) is 4.69. The van der Waals surface area contributed by atoms with E-state index in [0.717, 1.165) is 11.3 Å². The number of fused-ring (bicyclic) bond motifs is 1. The molecule has 0 aliphatic carbocycles. The summed E-state index contributed by atoms with van der Waals surface area (Å²) in [4.78, 5) is 16.3. The number of aliphatic imine (C=N–C) groups is 1. The Morgan fingerprint density at radius 1 is 1.24 bits per heavy atom. The van der Waals surface area contributed by atoms with E-state index < -0.39 is 5.97 Å². The van der Waals surface area contributed by atoms with Gasteiger partial charge in [-0.3, -0.25) is 4.57 Å². The number of aliphatic carboxylic acids is 1. The third-order valence-corrected chi connectivity index (χ3v) is 5.67. The predicted molar refractivity (Wildman–Crippen MR) is 113 cm³/mol. The zero-order valence-corrected chi connectivity index (χ0v) is 16.6. The van der Waals surface area contributed by atoms with Crippen LogP contribution in [0.25, 0.3) is 17.3 Å². The summed E-state index contributed by atoms with van der Waals surface area (Å²) in [5, 5.41) is 30.0. The number of aromatic nitrogens is 1. The smallest absolute Gasteiger partial charge is 0.355 e. The highest BCUT2D eigenvalue weighted by atomic mass is 32.1. The Bertz CT molecular complexity index is 1270. The van der Waals surface area contributed by atoms with Crippen molar-refractivity contribution in [3.8, 4) is 23.1 Å². The van der Waals surface area contributed by atoms with Gasteiger partial charge in [0.1, 0.15) is 11.5 Å². The number of ether oxygens (including phenoxy) is 1. The van der Waals surface area contributed by atoms with Gasteiger partial charge < -0.3 is 20.1 Å². The minimum atomic E-state index is -1.18. The standard InChI is InChI=1S/C20H14N2O5S2/c1-27-12-5-6-13-14(17(19(25)26)21-15(13)8-12)9-16-18(24)22(20(28)29-16)10-3-2-4-11(23)7-10/h2-9,23-24H,1H3,(H,25,26)/b14-9+. The van der Waals surface area contributed by atoms with Crippen LogP contribution in [0.4, 0.5) is 5.69 Å². The summed E-state index contributed by atoms with van der Waals surface area (Å²) < 4.78 is 6.93. The van der Waals surface area contributed by atoms with Crippen LogP contribution in [0.5, 0.6) is 17.4 Å². The van der Waals surface area contributed by atoms with Crippen molar-refractivity contribution in [2.75, 3.05) is 7.11 Å². The molecule has 0 unspecified atom stereocenters. The van der Waals surface area contributed by atoms with E-state index in [1.54, 1.807) is 36.4 Å². The van der Waals surface area contributed by atoms with Gasteiger partial charge in [0.05, 0.1) is 23.4 Å². The summed E-state index contributed by atoms with van der Waals surface area (Å²) in [7, 11) is 1.52. The Morgan fingerprint density at radius 2 is 2.03 bits per heavy atom. The molecule has 0 amide bonds. The summed E-state index contributed by atoms with van der Waals surface area (Å²) in [6, 6.07) is 11.4. The first-order chi connectivity index (χ1) is 13.9. The first-order valence-electron chi connectivity index (χ1n) is 8.35. The van der Waals surface area contributed by atoms with Crippen molar-refractivity contribution < 1.29 is 24.9 Å². The van der Waals surface area contributed by atoms with Crippen LogP contribution in [0.15, 0.2) is 47.5 Å². The molecule has 0 saturated carbocycles. The second-order valence-electron chi connectivity index (χ2n) is 6.12. The van der Waals surface area contributed by atoms with Crippen molar-refractivity contribution in [1.82, 2.24) is 4.57 Å². The Labute approximate surface area is 174 Å². The number of thiazole rings is 1. The van der Waals surface area contributed by atoms with Crippen molar-refractivity contribution in [1.29, 1.82) is 0 Å². The summed E-state index contributed by atoms with van der Waals surface area (Å²) in [6.45, 7) is 0. The number of carbonyl (C=O) groups is 1. The molecular formula is C20H14N2O5S2. The molecule has 29 heavy (non-hydrogen) atoms. The molecule has 0 fully saturated rings. The van der Waals surface area contributed by atoms with Crippen molar-refractivity contribution in [3.63, 3.8) is 0 Å². The number of benzene rings is 2. The summed E-state index contributed by atoms with van der Waals surface area (Å²) in [5.74, 6) is -0.729. The maximum absolute atomic E-state index is 11.7. The molecule has 3 N–H and O–H groups in total. The normalized spacial score (nSPS) is 14.0. The van der Waals surface area contributed by atoms with Gasteiger partial charge >= 0.3 is 5.97 Å². The van der Waals surface area contributed by atoms with Crippen molar-refractivity contribution in [2.45, 2.75) is 0 Å². The molecule has 2 heterocycles. The number of rotatable bonds is 4. The number of hydrogen-bond donors (Lipinski definition) is 3. The highest BCUT2D eigenvalue weighted by Gasteiger charge is 2.27. The van der Waals surface area contributed by atoms with Crippen molar-refractivity contribution in [2.24, 2.45) is 4.99 Å². The van der Waals surface area contributed by atoms with E-state index in [2.05, 4.69) is 4.99 Å². The van der Waals surface area contributed by atoms with Gasteiger partial charge in [-0.25, -0.2) is 9.79 Å².